The smallest absolute Gasteiger partial charge is 0.279 e. The summed E-state index contributed by atoms with van der Waals surface area (Å²) in [6, 6.07) is 19.2. The Morgan fingerprint density at radius 1 is 0.879 bits per heavy atom. The third-order valence-electron chi connectivity index (χ3n) is 4.89. The van der Waals surface area contributed by atoms with Gasteiger partial charge >= 0.3 is 0 Å². The molecule has 0 unspecified atom stereocenters. The van der Waals surface area contributed by atoms with Gasteiger partial charge in [-0.15, -0.1) is 0 Å². The minimum atomic E-state index is -0.583. The minimum Gasteiger partial charge on any atom is -0.350 e. The molecule has 0 saturated carbocycles. The van der Waals surface area contributed by atoms with E-state index in [1.54, 1.807) is 12.1 Å². The third-order valence-corrected chi connectivity index (χ3v) is 5.53. The van der Waals surface area contributed by atoms with Crippen LogP contribution in [0, 0.1) is 5.82 Å². The maximum absolute atomic E-state index is 13.3. The van der Waals surface area contributed by atoms with E-state index in [1.807, 2.05) is 30.3 Å². The number of halogens is 3. The molecule has 0 fully saturated rings. The topological polar surface area (TPSA) is 78.5 Å². The first kappa shape index (κ1) is 22.5. The summed E-state index contributed by atoms with van der Waals surface area (Å²) in [7, 11) is 0. The number of anilines is 2. The molecule has 1 aliphatic rings. The lowest BCUT2D eigenvalue weighted by Gasteiger charge is -2.15. The van der Waals surface area contributed by atoms with Crippen LogP contribution in [0.4, 0.5) is 15.8 Å². The highest BCUT2D eigenvalue weighted by Crippen LogP contribution is 2.27. The van der Waals surface area contributed by atoms with E-state index in [1.165, 1.54) is 24.3 Å². The molecule has 0 aromatic heterocycles. The molecule has 3 amide bonds. The normalized spacial score (nSPS) is 13.5. The Balaban J connectivity index is 1.43. The zero-order chi connectivity index (χ0) is 23.5. The first-order valence-corrected chi connectivity index (χ1v) is 10.5. The van der Waals surface area contributed by atoms with E-state index < -0.39 is 23.5 Å². The van der Waals surface area contributed by atoms with Gasteiger partial charge in [0.25, 0.3) is 17.7 Å². The molecule has 166 valence electrons. The van der Waals surface area contributed by atoms with Gasteiger partial charge in [0.05, 0.1) is 11.6 Å². The molecule has 0 aliphatic carbocycles. The number of nitrogens with one attached hydrogen (secondary N) is 2. The fourth-order valence-electron chi connectivity index (χ4n) is 3.19. The summed E-state index contributed by atoms with van der Waals surface area (Å²) in [5.74, 6) is -2.13. The number of carbonyl (C=O) groups is 3. The molecule has 0 atom stereocenters. The standard InChI is InChI=1S/C24H16Cl2FN3O3/c25-18-12-17(10-11-19(18)27)29-22(31)15-6-8-16(9-7-15)28-21-20(26)23(32)30(24(21)33)13-14-4-2-1-3-5-14/h1-12,28H,13H2,(H,29,31). The summed E-state index contributed by atoms with van der Waals surface area (Å²) < 4.78 is 13.3. The molecule has 1 aliphatic heterocycles. The zero-order valence-electron chi connectivity index (χ0n) is 16.9. The van der Waals surface area contributed by atoms with Crippen LogP contribution >= 0.6 is 23.2 Å². The average molecular weight is 484 g/mol. The molecule has 2 N–H and O–H groups in total. The average Bonchev–Trinajstić information content (AvgIpc) is 3.01. The molecule has 0 spiro atoms. The molecule has 6 nitrogen and oxygen atoms in total. The lowest BCUT2D eigenvalue weighted by molar-refractivity contribution is -0.138. The van der Waals surface area contributed by atoms with Crippen molar-refractivity contribution in [3.63, 3.8) is 0 Å². The van der Waals surface area contributed by atoms with E-state index in [4.69, 9.17) is 23.2 Å². The van der Waals surface area contributed by atoms with Crippen molar-refractivity contribution >= 4 is 52.3 Å². The van der Waals surface area contributed by atoms with Crippen LogP contribution in [-0.4, -0.2) is 22.6 Å². The summed E-state index contributed by atoms with van der Waals surface area (Å²) in [6.07, 6.45) is 0. The molecule has 1 heterocycles. The Morgan fingerprint density at radius 3 is 2.21 bits per heavy atom. The van der Waals surface area contributed by atoms with Crippen molar-refractivity contribution < 1.29 is 18.8 Å². The van der Waals surface area contributed by atoms with Crippen LogP contribution in [0.5, 0.6) is 0 Å². The van der Waals surface area contributed by atoms with Crippen molar-refractivity contribution in [1.82, 2.24) is 4.90 Å². The van der Waals surface area contributed by atoms with Gasteiger partial charge in [0.2, 0.25) is 0 Å². The summed E-state index contributed by atoms with van der Waals surface area (Å²) in [5, 5.41) is 5.18. The Hall–Kier alpha value is -3.68. The van der Waals surface area contributed by atoms with E-state index in [2.05, 4.69) is 10.6 Å². The van der Waals surface area contributed by atoms with Crippen molar-refractivity contribution in [2.75, 3.05) is 10.6 Å². The van der Waals surface area contributed by atoms with Crippen LogP contribution in [0.25, 0.3) is 0 Å². The maximum Gasteiger partial charge on any atom is 0.279 e. The highest BCUT2D eigenvalue weighted by atomic mass is 35.5. The summed E-state index contributed by atoms with van der Waals surface area (Å²) in [6.45, 7) is 0.104. The predicted molar refractivity (Wildman–Crippen MR) is 124 cm³/mol. The summed E-state index contributed by atoms with van der Waals surface area (Å²) >= 11 is 11.9. The van der Waals surface area contributed by atoms with E-state index in [0.29, 0.717) is 16.9 Å². The quantitative estimate of drug-likeness (QED) is 0.474. The van der Waals surface area contributed by atoms with Gasteiger partial charge in [-0.3, -0.25) is 19.3 Å². The molecular formula is C24H16Cl2FN3O3. The van der Waals surface area contributed by atoms with Gasteiger partial charge in [-0.2, -0.15) is 0 Å². The van der Waals surface area contributed by atoms with Crippen molar-refractivity contribution in [2.24, 2.45) is 0 Å². The monoisotopic (exact) mass is 483 g/mol. The summed E-state index contributed by atoms with van der Waals surface area (Å²) in [4.78, 5) is 38.7. The SMILES string of the molecule is O=C(Nc1ccc(F)c(Cl)c1)c1ccc(NC2=C(Cl)C(=O)N(Cc3ccccc3)C2=O)cc1. The van der Waals surface area contributed by atoms with Crippen molar-refractivity contribution in [2.45, 2.75) is 6.54 Å². The lowest BCUT2D eigenvalue weighted by Crippen LogP contribution is -2.31. The van der Waals surface area contributed by atoms with E-state index in [9.17, 15) is 18.8 Å². The van der Waals surface area contributed by atoms with Crippen molar-refractivity contribution in [3.05, 3.63) is 105 Å². The highest BCUT2D eigenvalue weighted by Gasteiger charge is 2.37. The highest BCUT2D eigenvalue weighted by molar-refractivity contribution is 6.48. The lowest BCUT2D eigenvalue weighted by atomic mass is 10.2. The van der Waals surface area contributed by atoms with Gasteiger partial charge in [-0.1, -0.05) is 53.5 Å². The van der Waals surface area contributed by atoms with Crippen LogP contribution in [0.1, 0.15) is 15.9 Å². The van der Waals surface area contributed by atoms with E-state index >= 15 is 0 Å². The molecule has 3 aromatic carbocycles. The number of amides is 3. The molecular weight excluding hydrogens is 468 g/mol. The number of carbonyl (C=O) groups excluding carboxylic acids is 3. The van der Waals surface area contributed by atoms with Gasteiger partial charge in [-0.25, -0.2) is 4.39 Å². The molecule has 9 heteroatoms. The first-order chi connectivity index (χ1) is 15.8. The number of rotatable bonds is 6. The van der Waals surface area contributed by atoms with Crippen LogP contribution in [-0.2, 0) is 16.1 Å². The molecule has 0 radical (unpaired) electrons. The fourth-order valence-corrected chi connectivity index (χ4v) is 3.60. The molecule has 0 saturated heterocycles. The van der Waals surface area contributed by atoms with Crippen LogP contribution in [0.15, 0.2) is 83.5 Å². The zero-order valence-corrected chi connectivity index (χ0v) is 18.5. The minimum absolute atomic E-state index is 0.0317. The number of nitrogens with zero attached hydrogens (tertiary/aromatic N) is 1. The number of hydrogen-bond acceptors (Lipinski definition) is 4. The van der Waals surface area contributed by atoms with Crippen LogP contribution < -0.4 is 10.6 Å². The second-order valence-electron chi connectivity index (χ2n) is 7.16. The largest absolute Gasteiger partial charge is 0.350 e. The van der Waals surface area contributed by atoms with E-state index in [0.717, 1.165) is 16.5 Å². The van der Waals surface area contributed by atoms with Crippen molar-refractivity contribution in [1.29, 1.82) is 0 Å². The predicted octanol–water partition coefficient (Wildman–Crippen LogP) is 5.16. The van der Waals surface area contributed by atoms with Crippen LogP contribution in [0.3, 0.4) is 0 Å². The van der Waals surface area contributed by atoms with Gasteiger partial charge in [0.1, 0.15) is 16.5 Å². The van der Waals surface area contributed by atoms with Gasteiger partial charge in [-0.05, 0) is 48.0 Å². The van der Waals surface area contributed by atoms with Gasteiger partial charge in [0.15, 0.2) is 0 Å². The first-order valence-electron chi connectivity index (χ1n) is 9.77. The van der Waals surface area contributed by atoms with Crippen molar-refractivity contribution in [3.8, 4) is 0 Å². The van der Waals surface area contributed by atoms with Gasteiger partial charge < -0.3 is 10.6 Å². The molecule has 4 rings (SSSR count). The molecule has 33 heavy (non-hydrogen) atoms. The number of benzene rings is 3. The Kier molecular flexibility index (Phi) is 6.44. The van der Waals surface area contributed by atoms with Crippen LogP contribution in [0.2, 0.25) is 5.02 Å². The molecule has 0 bridgehead atoms. The third kappa shape index (κ3) is 4.89. The fraction of sp³-hybridized carbons (Fsp3) is 0.0417. The molecule has 3 aromatic rings. The van der Waals surface area contributed by atoms with E-state index in [-0.39, 0.29) is 22.3 Å². The number of imide groups is 1. The maximum atomic E-state index is 13.3. The summed E-state index contributed by atoms with van der Waals surface area (Å²) in [5.41, 5.74) is 1.89. The Bertz CT molecular complexity index is 1280. The Labute approximate surface area is 198 Å². The Morgan fingerprint density at radius 2 is 1.55 bits per heavy atom. The number of hydrogen-bond donors (Lipinski definition) is 2. The second kappa shape index (κ2) is 9.44. The van der Waals surface area contributed by atoms with Gasteiger partial charge in [0, 0.05) is 16.9 Å². The second-order valence-corrected chi connectivity index (χ2v) is 7.94.